The molecule has 0 saturated heterocycles. The first kappa shape index (κ1) is 13.2. The molecule has 0 aliphatic rings. The van der Waals surface area contributed by atoms with Crippen molar-refractivity contribution in [3.8, 4) is 17.1 Å². The van der Waals surface area contributed by atoms with Crippen LogP contribution in [0.5, 0.6) is 5.75 Å². The minimum absolute atomic E-state index is 0.345. The highest BCUT2D eigenvalue weighted by Gasteiger charge is 2.17. The first-order chi connectivity index (χ1) is 9.15. The number of furan rings is 1. The van der Waals surface area contributed by atoms with Gasteiger partial charge in [-0.15, -0.1) is 0 Å². The molecule has 0 atom stereocenters. The first-order valence-electron chi connectivity index (χ1n) is 6.07. The summed E-state index contributed by atoms with van der Waals surface area (Å²) in [5, 5.41) is 0. The van der Waals surface area contributed by atoms with Crippen molar-refractivity contribution in [2.75, 3.05) is 13.7 Å². The standard InChI is InChI=1S/C15H16O4/c1-4-18-15(16)13-9-14(19-10(13)2)11-6-5-7-12(8-11)17-3/h5-9H,4H2,1-3H3. The smallest absolute Gasteiger partial charge is 0.341 e. The van der Waals surface area contributed by atoms with Crippen molar-refractivity contribution in [3.63, 3.8) is 0 Å². The maximum absolute atomic E-state index is 11.7. The number of esters is 1. The summed E-state index contributed by atoms with van der Waals surface area (Å²) in [7, 11) is 1.61. The summed E-state index contributed by atoms with van der Waals surface area (Å²) in [6.45, 7) is 3.87. The van der Waals surface area contributed by atoms with E-state index in [1.165, 1.54) is 0 Å². The Morgan fingerprint density at radius 2 is 2.11 bits per heavy atom. The molecule has 0 bridgehead atoms. The van der Waals surface area contributed by atoms with E-state index in [0.29, 0.717) is 23.7 Å². The molecule has 1 aromatic carbocycles. The Balaban J connectivity index is 2.36. The Labute approximate surface area is 111 Å². The fourth-order valence-corrected chi connectivity index (χ4v) is 1.81. The van der Waals surface area contributed by atoms with Crippen molar-refractivity contribution in [1.29, 1.82) is 0 Å². The number of rotatable bonds is 4. The summed E-state index contributed by atoms with van der Waals surface area (Å²) in [5.74, 6) is 1.55. The van der Waals surface area contributed by atoms with Gasteiger partial charge >= 0.3 is 5.97 Å². The molecule has 19 heavy (non-hydrogen) atoms. The van der Waals surface area contributed by atoms with E-state index in [2.05, 4.69) is 0 Å². The molecule has 2 rings (SSSR count). The lowest BCUT2D eigenvalue weighted by Crippen LogP contribution is -2.04. The monoisotopic (exact) mass is 260 g/mol. The van der Waals surface area contributed by atoms with E-state index in [-0.39, 0.29) is 5.97 Å². The maximum Gasteiger partial charge on any atom is 0.341 e. The minimum Gasteiger partial charge on any atom is -0.497 e. The van der Waals surface area contributed by atoms with Crippen LogP contribution in [0.4, 0.5) is 0 Å². The SMILES string of the molecule is CCOC(=O)c1cc(-c2cccc(OC)c2)oc1C. The molecule has 100 valence electrons. The summed E-state index contributed by atoms with van der Waals surface area (Å²) in [4.78, 5) is 11.7. The Bertz CT molecular complexity index is 584. The molecule has 2 aromatic rings. The van der Waals surface area contributed by atoms with E-state index < -0.39 is 0 Å². The minimum atomic E-state index is -0.363. The lowest BCUT2D eigenvalue weighted by Gasteiger charge is -2.01. The summed E-state index contributed by atoms with van der Waals surface area (Å²) in [6, 6.07) is 9.17. The summed E-state index contributed by atoms with van der Waals surface area (Å²) < 4.78 is 15.8. The molecule has 4 heteroatoms. The Morgan fingerprint density at radius 1 is 1.32 bits per heavy atom. The number of carbonyl (C=O) groups is 1. The van der Waals surface area contributed by atoms with Gasteiger partial charge in [0.15, 0.2) is 0 Å². The number of carbonyl (C=O) groups excluding carboxylic acids is 1. The number of methoxy groups -OCH3 is 1. The highest BCUT2D eigenvalue weighted by atomic mass is 16.5. The number of benzene rings is 1. The third kappa shape index (κ3) is 2.78. The molecule has 0 radical (unpaired) electrons. The van der Waals surface area contributed by atoms with Gasteiger partial charge in [0.05, 0.1) is 13.7 Å². The van der Waals surface area contributed by atoms with Gasteiger partial charge in [-0.2, -0.15) is 0 Å². The number of hydrogen-bond donors (Lipinski definition) is 0. The van der Waals surface area contributed by atoms with Crippen LogP contribution in [0.15, 0.2) is 34.7 Å². The van der Waals surface area contributed by atoms with Crippen molar-refractivity contribution >= 4 is 5.97 Å². The summed E-state index contributed by atoms with van der Waals surface area (Å²) in [6.07, 6.45) is 0. The van der Waals surface area contributed by atoms with Crippen LogP contribution in [0.3, 0.4) is 0 Å². The lowest BCUT2D eigenvalue weighted by atomic mass is 10.1. The second kappa shape index (κ2) is 5.61. The van der Waals surface area contributed by atoms with Gasteiger partial charge in [-0.1, -0.05) is 12.1 Å². The van der Waals surface area contributed by atoms with E-state index in [4.69, 9.17) is 13.9 Å². The Kier molecular flexibility index (Phi) is 3.90. The molecule has 0 aliphatic carbocycles. The van der Waals surface area contributed by atoms with Crippen molar-refractivity contribution in [1.82, 2.24) is 0 Å². The molecule has 1 aromatic heterocycles. The third-order valence-electron chi connectivity index (χ3n) is 2.77. The first-order valence-corrected chi connectivity index (χ1v) is 6.07. The Hall–Kier alpha value is -2.23. The van der Waals surface area contributed by atoms with Crippen LogP contribution in [0.1, 0.15) is 23.0 Å². The summed E-state index contributed by atoms with van der Waals surface area (Å²) >= 11 is 0. The molecular weight excluding hydrogens is 244 g/mol. The van der Waals surface area contributed by atoms with Crippen LogP contribution >= 0.6 is 0 Å². The fraction of sp³-hybridized carbons (Fsp3) is 0.267. The lowest BCUT2D eigenvalue weighted by molar-refractivity contribution is 0.0524. The van der Waals surface area contributed by atoms with E-state index in [1.807, 2.05) is 24.3 Å². The fourth-order valence-electron chi connectivity index (χ4n) is 1.81. The highest BCUT2D eigenvalue weighted by molar-refractivity contribution is 5.91. The quantitative estimate of drug-likeness (QED) is 0.790. The predicted octanol–water partition coefficient (Wildman–Crippen LogP) is 3.44. The zero-order chi connectivity index (χ0) is 13.8. The normalized spacial score (nSPS) is 10.3. The van der Waals surface area contributed by atoms with Gasteiger partial charge in [0.1, 0.15) is 22.8 Å². The molecule has 0 aliphatic heterocycles. The van der Waals surface area contributed by atoms with E-state index >= 15 is 0 Å². The van der Waals surface area contributed by atoms with Gasteiger partial charge < -0.3 is 13.9 Å². The molecule has 0 saturated carbocycles. The molecule has 0 N–H and O–H groups in total. The van der Waals surface area contributed by atoms with Crippen LogP contribution in [-0.4, -0.2) is 19.7 Å². The van der Waals surface area contributed by atoms with Gasteiger partial charge in [-0.25, -0.2) is 4.79 Å². The second-order valence-corrected chi connectivity index (χ2v) is 4.03. The maximum atomic E-state index is 11.7. The van der Waals surface area contributed by atoms with Crippen LogP contribution in [0.25, 0.3) is 11.3 Å². The average molecular weight is 260 g/mol. The summed E-state index contributed by atoms with van der Waals surface area (Å²) in [5.41, 5.74) is 1.32. The van der Waals surface area contributed by atoms with Gasteiger partial charge in [0.25, 0.3) is 0 Å². The predicted molar refractivity (Wildman–Crippen MR) is 71.4 cm³/mol. The molecule has 0 fully saturated rings. The molecular formula is C15H16O4. The number of ether oxygens (including phenoxy) is 2. The zero-order valence-corrected chi connectivity index (χ0v) is 11.2. The van der Waals surface area contributed by atoms with Crippen molar-refractivity contribution in [3.05, 3.63) is 41.7 Å². The largest absolute Gasteiger partial charge is 0.497 e. The zero-order valence-electron chi connectivity index (χ0n) is 11.2. The van der Waals surface area contributed by atoms with Gasteiger partial charge in [0.2, 0.25) is 0 Å². The van der Waals surface area contributed by atoms with E-state index in [9.17, 15) is 4.79 Å². The van der Waals surface area contributed by atoms with Gasteiger partial charge in [-0.3, -0.25) is 0 Å². The van der Waals surface area contributed by atoms with Gasteiger partial charge in [0, 0.05) is 5.56 Å². The van der Waals surface area contributed by atoms with Crippen LogP contribution < -0.4 is 4.74 Å². The van der Waals surface area contributed by atoms with Crippen molar-refractivity contribution in [2.45, 2.75) is 13.8 Å². The van der Waals surface area contributed by atoms with Crippen molar-refractivity contribution < 1.29 is 18.7 Å². The average Bonchev–Trinajstić information content (AvgIpc) is 2.81. The number of aryl methyl sites for hydroxylation is 1. The topological polar surface area (TPSA) is 48.7 Å². The Morgan fingerprint density at radius 3 is 2.79 bits per heavy atom. The van der Waals surface area contributed by atoms with Crippen molar-refractivity contribution in [2.24, 2.45) is 0 Å². The molecule has 0 unspecified atom stereocenters. The van der Waals surface area contributed by atoms with Crippen LogP contribution in [-0.2, 0) is 4.74 Å². The van der Waals surface area contributed by atoms with E-state index in [1.54, 1.807) is 27.0 Å². The van der Waals surface area contributed by atoms with Crippen LogP contribution in [0, 0.1) is 6.92 Å². The third-order valence-corrected chi connectivity index (χ3v) is 2.77. The van der Waals surface area contributed by atoms with Crippen LogP contribution in [0.2, 0.25) is 0 Å². The molecule has 0 amide bonds. The van der Waals surface area contributed by atoms with Gasteiger partial charge in [-0.05, 0) is 32.0 Å². The van der Waals surface area contributed by atoms with E-state index in [0.717, 1.165) is 11.3 Å². The second-order valence-electron chi connectivity index (χ2n) is 4.03. The number of hydrogen-bond acceptors (Lipinski definition) is 4. The molecule has 1 heterocycles. The molecule has 0 spiro atoms. The molecule has 4 nitrogen and oxygen atoms in total. The highest BCUT2D eigenvalue weighted by Crippen LogP contribution is 2.28.